The maximum absolute atomic E-state index is 2.51. The van der Waals surface area contributed by atoms with Gasteiger partial charge in [-0.15, -0.1) is 0 Å². The van der Waals surface area contributed by atoms with Gasteiger partial charge in [0.2, 0.25) is 0 Å². The Balaban J connectivity index is 1.86. The first-order valence-electron chi connectivity index (χ1n) is 7.77. The minimum absolute atomic E-state index is 0.761. The second-order valence-corrected chi connectivity index (χ2v) is 6.57. The Labute approximate surface area is 102 Å². The second kappa shape index (κ2) is 5.56. The first kappa shape index (κ1) is 12.5. The van der Waals surface area contributed by atoms with Crippen LogP contribution in [0.1, 0.15) is 84.5 Å². The van der Waals surface area contributed by atoms with Crippen LogP contribution in [0.15, 0.2) is 0 Å². The van der Waals surface area contributed by atoms with Gasteiger partial charge < -0.3 is 0 Å². The van der Waals surface area contributed by atoms with Gasteiger partial charge in [-0.25, -0.2) is 0 Å². The van der Waals surface area contributed by atoms with Gasteiger partial charge in [-0.05, 0) is 42.9 Å². The van der Waals surface area contributed by atoms with Gasteiger partial charge >= 0.3 is 0 Å². The molecule has 94 valence electrons. The average molecular weight is 222 g/mol. The molecule has 1 atom stereocenters. The van der Waals surface area contributed by atoms with Crippen molar-refractivity contribution in [3.05, 3.63) is 0 Å². The van der Waals surface area contributed by atoms with E-state index >= 15 is 0 Å². The van der Waals surface area contributed by atoms with Gasteiger partial charge in [-0.3, -0.25) is 0 Å². The van der Waals surface area contributed by atoms with Gasteiger partial charge in [0, 0.05) is 0 Å². The molecule has 0 amide bonds. The number of hydrogen-bond donors (Lipinski definition) is 0. The highest BCUT2D eigenvalue weighted by Gasteiger charge is 2.38. The van der Waals surface area contributed by atoms with Gasteiger partial charge in [-0.1, -0.05) is 58.8 Å². The summed E-state index contributed by atoms with van der Waals surface area (Å²) >= 11 is 0. The lowest BCUT2D eigenvalue weighted by atomic mass is 9.69. The highest BCUT2D eigenvalue weighted by atomic mass is 14.4. The van der Waals surface area contributed by atoms with Gasteiger partial charge in [0.25, 0.3) is 0 Å². The zero-order valence-electron chi connectivity index (χ0n) is 11.4. The molecule has 0 heteroatoms. The molecule has 2 aliphatic carbocycles. The number of hydrogen-bond acceptors (Lipinski definition) is 0. The predicted molar refractivity (Wildman–Crippen MR) is 71.5 cm³/mol. The third-order valence-corrected chi connectivity index (χ3v) is 5.78. The van der Waals surface area contributed by atoms with Gasteiger partial charge in [0.1, 0.15) is 0 Å². The summed E-state index contributed by atoms with van der Waals surface area (Å²) in [5, 5.41) is 0. The Morgan fingerprint density at radius 3 is 2.25 bits per heavy atom. The molecule has 16 heavy (non-hydrogen) atoms. The largest absolute Gasteiger partial charge is 0.0651 e. The summed E-state index contributed by atoms with van der Waals surface area (Å²) in [6.45, 7) is 4.90. The van der Waals surface area contributed by atoms with Crippen molar-refractivity contribution in [1.29, 1.82) is 0 Å². The maximum Gasteiger partial charge on any atom is -0.0272 e. The Hall–Kier alpha value is 0. The third-order valence-electron chi connectivity index (χ3n) is 5.78. The Morgan fingerprint density at radius 1 is 1.06 bits per heavy atom. The zero-order valence-corrected chi connectivity index (χ0v) is 11.4. The lowest BCUT2D eigenvalue weighted by molar-refractivity contribution is 0.145. The van der Waals surface area contributed by atoms with Crippen LogP contribution in [-0.4, -0.2) is 0 Å². The van der Waals surface area contributed by atoms with Crippen LogP contribution in [0.3, 0.4) is 0 Å². The van der Waals surface area contributed by atoms with E-state index in [9.17, 15) is 0 Å². The van der Waals surface area contributed by atoms with Crippen molar-refractivity contribution < 1.29 is 0 Å². The molecule has 0 heterocycles. The molecule has 0 nitrogen and oxygen atoms in total. The summed E-state index contributed by atoms with van der Waals surface area (Å²) in [5.74, 6) is 2.07. The predicted octanol–water partition coefficient (Wildman–Crippen LogP) is 5.56. The van der Waals surface area contributed by atoms with Crippen LogP contribution >= 0.6 is 0 Å². The monoisotopic (exact) mass is 222 g/mol. The molecule has 2 fully saturated rings. The summed E-state index contributed by atoms with van der Waals surface area (Å²) in [4.78, 5) is 0. The van der Waals surface area contributed by atoms with Crippen molar-refractivity contribution in [2.24, 2.45) is 17.3 Å². The lowest BCUT2D eigenvalue weighted by Gasteiger charge is -2.36. The standard InChI is InChI=1S/C16H30/c1-3-14(2)16(11-6-7-12-16)13-10-15-8-4-5-9-15/h14-15H,3-13H2,1-2H3. The fraction of sp³-hybridized carbons (Fsp3) is 1.00. The zero-order chi connectivity index (χ0) is 11.4. The van der Waals surface area contributed by atoms with Crippen molar-refractivity contribution in [3.8, 4) is 0 Å². The molecule has 2 aliphatic rings. The van der Waals surface area contributed by atoms with Crippen LogP contribution in [0.2, 0.25) is 0 Å². The topological polar surface area (TPSA) is 0 Å². The van der Waals surface area contributed by atoms with E-state index in [0.29, 0.717) is 0 Å². The maximum atomic E-state index is 2.51. The van der Waals surface area contributed by atoms with E-state index in [0.717, 1.165) is 17.3 Å². The summed E-state index contributed by atoms with van der Waals surface area (Å²) in [6.07, 6.45) is 16.7. The van der Waals surface area contributed by atoms with Gasteiger partial charge in [0.05, 0.1) is 0 Å². The molecule has 0 N–H and O–H groups in total. The molecule has 0 aliphatic heterocycles. The van der Waals surface area contributed by atoms with Crippen molar-refractivity contribution in [1.82, 2.24) is 0 Å². The Kier molecular flexibility index (Phi) is 4.33. The SMILES string of the molecule is CCC(C)C1(CCC2CCCC2)CCCC1. The molecule has 0 bridgehead atoms. The van der Waals surface area contributed by atoms with E-state index in [-0.39, 0.29) is 0 Å². The van der Waals surface area contributed by atoms with Crippen LogP contribution in [0.4, 0.5) is 0 Å². The first-order valence-corrected chi connectivity index (χ1v) is 7.77. The van der Waals surface area contributed by atoms with Crippen molar-refractivity contribution in [2.75, 3.05) is 0 Å². The van der Waals surface area contributed by atoms with Crippen molar-refractivity contribution in [2.45, 2.75) is 84.5 Å². The smallest absolute Gasteiger partial charge is 0.0272 e. The van der Waals surface area contributed by atoms with E-state index in [4.69, 9.17) is 0 Å². The highest BCUT2D eigenvalue weighted by Crippen LogP contribution is 2.50. The molecule has 1 unspecified atom stereocenters. The fourth-order valence-corrected chi connectivity index (χ4v) is 4.29. The van der Waals surface area contributed by atoms with E-state index in [2.05, 4.69) is 13.8 Å². The van der Waals surface area contributed by atoms with Gasteiger partial charge in [-0.2, -0.15) is 0 Å². The summed E-state index contributed by atoms with van der Waals surface area (Å²) < 4.78 is 0. The minimum Gasteiger partial charge on any atom is -0.0651 e. The highest BCUT2D eigenvalue weighted by molar-refractivity contribution is 4.89. The molecule has 0 aromatic rings. The molecular weight excluding hydrogens is 192 g/mol. The third kappa shape index (κ3) is 2.63. The van der Waals surface area contributed by atoms with Crippen molar-refractivity contribution in [3.63, 3.8) is 0 Å². The molecule has 0 spiro atoms. The summed E-state index contributed by atoms with van der Waals surface area (Å²) in [6, 6.07) is 0. The second-order valence-electron chi connectivity index (χ2n) is 6.57. The summed E-state index contributed by atoms with van der Waals surface area (Å²) in [7, 11) is 0. The van der Waals surface area contributed by atoms with Crippen LogP contribution in [-0.2, 0) is 0 Å². The molecule has 0 saturated heterocycles. The van der Waals surface area contributed by atoms with Crippen LogP contribution in [0, 0.1) is 17.3 Å². The van der Waals surface area contributed by atoms with Crippen LogP contribution in [0.5, 0.6) is 0 Å². The lowest BCUT2D eigenvalue weighted by Crippen LogP contribution is -2.26. The molecular formula is C16H30. The average Bonchev–Trinajstić information content (AvgIpc) is 2.97. The van der Waals surface area contributed by atoms with E-state index < -0.39 is 0 Å². The summed E-state index contributed by atoms with van der Waals surface area (Å²) in [5.41, 5.74) is 0.761. The van der Waals surface area contributed by atoms with E-state index in [1.165, 1.54) is 57.8 Å². The van der Waals surface area contributed by atoms with Crippen molar-refractivity contribution >= 4 is 0 Å². The minimum atomic E-state index is 0.761. The van der Waals surface area contributed by atoms with E-state index in [1.54, 1.807) is 12.8 Å². The Bertz CT molecular complexity index is 194. The normalized spacial score (nSPS) is 27.4. The molecule has 0 radical (unpaired) electrons. The van der Waals surface area contributed by atoms with Crippen LogP contribution < -0.4 is 0 Å². The van der Waals surface area contributed by atoms with E-state index in [1.807, 2.05) is 0 Å². The molecule has 2 rings (SSSR count). The van der Waals surface area contributed by atoms with Crippen LogP contribution in [0.25, 0.3) is 0 Å². The first-order chi connectivity index (χ1) is 7.77. The Morgan fingerprint density at radius 2 is 1.69 bits per heavy atom. The molecule has 0 aromatic heterocycles. The fourth-order valence-electron chi connectivity index (χ4n) is 4.29. The number of rotatable bonds is 5. The quantitative estimate of drug-likeness (QED) is 0.571. The molecule has 0 aromatic carbocycles. The molecule has 2 saturated carbocycles. The van der Waals surface area contributed by atoms with Gasteiger partial charge in [0.15, 0.2) is 0 Å².